The highest BCUT2D eigenvalue weighted by atomic mass is 35.7. The molecule has 0 bridgehead atoms. The van der Waals surface area contributed by atoms with Gasteiger partial charge in [-0.25, -0.2) is 8.42 Å². The Morgan fingerprint density at radius 1 is 1.12 bits per heavy atom. The van der Waals surface area contributed by atoms with Crippen LogP contribution in [0.5, 0.6) is 0 Å². The van der Waals surface area contributed by atoms with E-state index < -0.39 is 35.2 Å². The number of nitro benzene ring substituents is 2. The Bertz CT molecular complexity index is 576. The van der Waals surface area contributed by atoms with Gasteiger partial charge in [-0.2, -0.15) is 0 Å². The van der Waals surface area contributed by atoms with Crippen molar-refractivity contribution in [1.29, 1.82) is 0 Å². The van der Waals surface area contributed by atoms with Gasteiger partial charge in [0.05, 0.1) is 14.7 Å². The predicted molar refractivity (Wildman–Crippen MR) is 57.5 cm³/mol. The second kappa shape index (κ2) is 4.26. The van der Waals surface area contributed by atoms with Crippen LogP contribution in [-0.2, 0) is 9.05 Å². The molecule has 1 aromatic carbocycles. The highest BCUT2D eigenvalue weighted by Crippen LogP contribution is 2.32. The van der Waals surface area contributed by atoms with Crippen LogP contribution in [0, 0.1) is 27.2 Å². The molecule has 0 radical (unpaired) electrons. The maximum atomic E-state index is 11.0. The lowest BCUT2D eigenvalue weighted by Crippen LogP contribution is -2.01. The fourth-order valence-corrected chi connectivity index (χ4v) is 1.95. The zero-order chi connectivity index (χ0) is 13.4. The maximum Gasteiger partial charge on any atom is 0.280 e. The molecule has 0 atom stereocenters. The first-order valence-electron chi connectivity index (χ1n) is 4.02. The standard InChI is InChI=1S/C7H5ClN2O6S/c1-4-6(9(11)12)2-5(17(8,15)16)3-7(4)10(13)14/h2-3H,1H3. The largest absolute Gasteiger partial charge is 0.280 e. The molecule has 0 heterocycles. The molecule has 0 amide bonds. The fraction of sp³-hybridized carbons (Fsp3) is 0.143. The van der Waals surface area contributed by atoms with Gasteiger partial charge < -0.3 is 0 Å². The zero-order valence-electron chi connectivity index (χ0n) is 8.28. The van der Waals surface area contributed by atoms with E-state index in [2.05, 4.69) is 0 Å². The minimum atomic E-state index is -4.27. The van der Waals surface area contributed by atoms with Crippen molar-refractivity contribution in [2.24, 2.45) is 0 Å². The second-order valence-electron chi connectivity index (χ2n) is 3.04. The number of benzene rings is 1. The summed E-state index contributed by atoms with van der Waals surface area (Å²) < 4.78 is 22.0. The highest BCUT2D eigenvalue weighted by Gasteiger charge is 2.26. The van der Waals surface area contributed by atoms with E-state index in [1.54, 1.807) is 0 Å². The van der Waals surface area contributed by atoms with Crippen LogP contribution in [0.25, 0.3) is 0 Å². The average Bonchev–Trinajstić information content (AvgIpc) is 2.14. The summed E-state index contributed by atoms with van der Waals surface area (Å²) in [6.45, 7) is 1.15. The monoisotopic (exact) mass is 280 g/mol. The van der Waals surface area contributed by atoms with E-state index in [4.69, 9.17) is 10.7 Å². The summed E-state index contributed by atoms with van der Waals surface area (Å²) in [5, 5.41) is 21.2. The molecule has 92 valence electrons. The molecule has 0 aliphatic carbocycles. The number of nitro groups is 2. The van der Waals surface area contributed by atoms with E-state index in [0.717, 1.165) is 6.92 Å². The summed E-state index contributed by atoms with van der Waals surface area (Å²) in [6, 6.07) is 1.37. The Kier molecular flexibility index (Phi) is 3.34. The van der Waals surface area contributed by atoms with E-state index in [9.17, 15) is 28.6 Å². The number of nitrogens with zero attached hydrogens (tertiary/aromatic N) is 2. The van der Waals surface area contributed by atoms with Crippen molar-refractivity contribution in [3.63, 3.8) is 0 Å². The van der Waals surface area contributed by atoms with Crippen molar-refractivity contribution in [3.05, 3.63) is 37.9 Å². The number of halogens is 1. The van der Waals surface area contributed by atoms with Crippen LogP contribution in [0.2, 0.25) is 0 Å². The van der Waals surface area contributed by atoms with Gasteiger partial charge in [-0.1, -0.05) is 0 Å². The maximum absolute atomic E-state index is 11.0. The van der Waals surface area contributed by atoms with Crippen LogP contribution in [0.1, 0.15) is 5.56 Å². The Morgan fingerprint density at radius 2 is 1.47 bits per heavy atom. The normalized spacial score (nSPS) is 11.2. The molecule has 1 aromatic rings. The molecule has 1 rings (SSSR count). The first kappa shape index (κ1) is 13.3. The molecule has 17 heavy (non-hydrogen) atoms. The third kappa shape index (κ3) is 2.68. The van der Waals surface area contributed by atoms with Crippen LogP contribution >= 0.6 is 10.7 Å². The van der Waals surface area contributed by atoms with Gasteiger partial charge in [0.2, 0.25) is 0 Å². The summed E-state index contributed by atoms with van der Waals surface area (Å²) in [4.78, 5) is 18.7. The van der Waals surface area contributed by atoms with Gasteiger partial charge >= 0.3 is 0 Å². The highest BCUT2D eigenvalue weighted by molar-refractivity contribution is 8.13. The molecule has 0 saturated heterocycles. The van der Waals surface area contributed by atoms with Gasteiger partial charge in [-0.05, 0) is 6.92 Å². The number of hydrogen-bond acceptors (Lipinski definition) is 6. The first-order chi connectivity index (χ1) is 7.64. The summed E-state index contributed by atoms with van der Waals surface area (Å²) in [6.07, 6.45) is 0. The van der Waals surface area contributed by atoms with Crippen LogP contribution in [-0.4, -0.2) is 18.3 Å². The molecule has 0 saturated carbocycles. The second-order valence-corrected chi connectivity index (χ2v) is 5.60. The van der Waals surface area contributed by atoms with Crippen LogP contribution < -0.4 is 0 Å². The van der Waals surface area contributed by atoms with Crippen molar-refractivity contribution < 1.29 is 18.3 Å². The summed E-state index contributed by atoms with van der Waals surface area (Å²) in [7, 11) is 0.723. The van der Waals surface area contributed by atoms with Crippen molar-refractivity contribution in [1.82, 2.24) is 0 Å². The summed E-state index contributed by atoms with van der Waals surface area (Å²) in [5.74, 6) is 0. The smallest absolute Gasteiger partial charge is 0.258 e. The molecular weight excluding hydrogens is 276 g/mol. The summed E-state index contributed by atoms with van der Waals surface area (Å²) in [5.41, 5.74) is -1.57. The van der Waals surface area contributed by atoms with E-state index in [-0.39, 0.29) is 5.56 Å². The third-order valence-electron chi connectivity index (χ3n) is 2.00. The van der Waals surface area contributed by atoms with Gasteiger partial charge in [-0.3, -0.25) is 20.2 Å². The van der Waals surface area contributed by atoms with E-state index in [0.29, 0.717) is 12.1 Å². The zero-order valence-corrected chi connectivity index (χ0v) is 9.86. The molecule has 0 fully saturated rings. The molecule has 0 aromatic heterocycles. The van der Waals surface area contributed by atoms with Gasteiger partial charge in [0.1, 0.15) is 5.56 Å². The third-order valence-corrected chi connectivity index (χ3v) is 3.33. The minimum absolute atomic E-state index is 0.232. The van der Waals surface area contributed by atoms with Crippen molar-refractivity contribution >= 4 is 31.1 Å². The van der Waals surface area contributed by atoms with Gasteiger partial charge in [-0.15, -0.1) is 0 Å². The molecule has 8 nitrogen and oxygen atoms in total. The molecule has 0 spiro atoms. The van der Waals surface area contributed by atoms with Crippen LogP contribution in [0.3, 0.4) is 0 Å². The lowest BCUT2D eigenvalue weighted by Gasteiger charge is -2.01. The minimum Gasteiger partial charge on any atom is -0.258 e. The van der Waals surface area contributed by atoms with E-state index in [1.165, 1.54) is 0 Å². The predicted octanol–water partition coefficient (Wildman–Crippen LogP) is 1.74. The van der Waals surface area contributed by atoms with Crippen molar-refractivity contribution in [2.75, 3.05) is 0 Å². The quantitative estimate of drug-likeness (QED) is 0.472. The van der Waals surface area contributed by atoms with E-state index in [1.807, 2.05) is 0 Å². The molecule has 10 heteroatoms. The van der Waals surface area contributed by atoms with Crippen molar-refractivity contribution in [3.8, 4) is 0 Å². The summed E-state index contributed by atoms with van der Waals surface area (Å²) >= 11 is 0. The van der Waals surface area contributed by atoms with Gasteiger partial charge in [0.15, 0.2) is 0 Å². The van der Waals surface area contributed by atoms with Crippen molar-refractivity contribution in [2.45, 2.75) is 11.8 Å². The van der Waals surface area contributed by atoms with Crippen LogP contribution in [0.4, 0.5) is 11.4 Å². The molecule has 0 unspecified atom stereocenters. The molecule has 0 aliphatic rings. The number of hydrogen-bond donors (Lipinski definition) is 0. The topological polar surface area (TPSA) is 120 Å². The van der Waals surface area contributed by atoms with Gasteiger partial charge in [0.25, 0.3) is 20.4 Å². The Hall–Kier alpha value is -1.74. The van der Waals surface area contributed by atoms with Crippen LogP contribution in [0.15, 0.2) is 17.0 Å². The molecule has 0 aliphatic heterocycles. The lowest BCUT2D eigenvalue weighted by molar-refractivity contribution is -0.395. The molecule has 0 N–H and O–H groups in total. The fourth-order valence-electron chi connectivity index (χ4n) is 1.18. The van der Waals surface area contributed by atoms with Gasteiger partial charge in [0, 0.05) is 22.8 Å². The Morgan fingerprint density at radius 3 is 1.71 bits per heavy atom. The SMILES string of the molecule is Cc1c([N+](=O)[O-])cc(S(=O)(=O)Cl)cc1[N+](=O)[O-]. The average molecular weight is 281 g/mol. The van der Waals surface area contributed by atoms with E-state index >= 15 is 0 Å². The first-order valence-corrected chi connectivity index (χ1v) is 6.33. The number of rotatable bonds is 3. The Labute approximate surface area is 99.5 Å². The Balaban J connectivity index is 3.71. The molecular formula is C7H5ClN2O6S. The lowest BCUT2D eigenvalue weighted by atomic mass is 10.1.